The Kier molecular flexibility index (Phi) is 3.42. The summed E-state index contributed by atoms with van der Waals surface area (Å²) in [4.78, 5) is 19.0. The maximum Gasteiger partial charge on any atom is 0.311 e. The van der Waals surface area contributed by atoms with Crippen molar-refractivity contribution in [1.82, 2.24) is 9.97 Å². The molecule has 0 saturated heterocycles. The highest BCUT2D eigenvalue weighted by molar-refractivity contribution is 5.84. The van der Waals surface area contributed by atoms with Crippen molar-refractivity contribution in [1.29, 1.82) is 0 Å². The van der Waals surface area contributed by atoms with Crippen LogP contribution >= 0.6 is 0 Å². The van der Waals surface area contributed by atoms with Crippen LogP contribution < -0.4 is 4.74 Å². The highest BCUT2D eigenvalue weighted by Gasteiger charge is 2.17. The number of hydrogen-bond acceptors (Lipinski definition) is 5. The van der Waals surface area contributed by atoms with Crippen LogP contribution in [0, 0.1) is 24.0 Å². The summed E-state index contributed by atoms with van der Waals surface area (Å²) in [6, 6.07) is 10.4. The first-order valence-corrected chi connectivity index (χ1v) is 6.69. The number of aromatic nitrogens is 2. The molecule has 0 aliphatic carbocycles. The normalized spacial score (nSPS) is 10.6. The maximum atomic E-state index is 11.1. The zero-order chi connectivity index (χ0) is 15.7. The summed E-state index contributed by atoms with van der Waals surface area (Å²) in [5.41, 5.74) is 2.54. The molecule has 3 aromatic rings. The quantitative estimate of drug-likeness (QED) is 0.540. The fourth-order valence-electron chi connectivity index (χ4n) is 2.19. The predicted octanol–water partition coefficient (Wildman–Crippen LogP) is 3.95. The van der Waals surface area contributed by atoms with E-state index in [2.05, 4.69) is 9.97 Å². The topological polar surface area (TPSA) is 78.2 Å². The van der Waals surface area contributed by atoms with Crippen LogP contribution in [-0.4, -0.2) is 14.9 Å². The lowest BCUT2D eigenvalue weighted by Gasteiger charge is -2.09. The van der Waals surface area contributed by atoms with Crippen molar-refractivity contribution in [2.75, 3.05) is 0 Å². The van der Waals surface area contributed by atoms with E-state index in [-0.39, 0.29) is 11.4 Å². The van der Waals surface area contributed by atoms with Crippen molar-refractivity contribution in [3.63, 3.8) is 0 Å². The lowest BCUT2D eigenvalue weighted by atomic mass is 10.1. The minimum atomic E-state index is -0.469. The van der Waals surface area contributed by atoms with E-state index in [4.69, 9.17) is 4.74 Å². The number of nitrogens with zero attached hydrogens (tertiary/aromatic N) is 3. The average molecular weight is 295 g/mol. The Morgan fingerprint density at radius 1 is 1.05 bits per heavy atom. The summed E-state index contributed by atoms with van der Waals surface area (Å²) in [5.74, 6) is 0.480. The summed E-state index contributed by atoms with van der Waals surface area (Å²) in [5, 5.41) is 11.9. The molecule has 0 amide bonds. The van der Waals surface area contributed by atoms with Gasteiger partial charge in [0, 0.05) is 6.07 Å². The lowest BCUT2D eigenvalue weighted by molar-refractivity contribution is -0.385. The Hall–Kier alpha value is -3.02. The molecule has 0 saturated carbocycles. The van der Waals surface area contributed by atoms with Gasteiger partial charge in [-0.25, -0.2) is 9.97 Å². The Labute approximate surface area is 126 Å². The molecule has 0 atom stereocenters. The van der Waals surface area contributed by atoms with Crippen LogP contribution in [-0.2, 0) is 0 Å². The van der Waals surface area contributed by atoms with Gasteiger partial charge in [0.15, 0.2) is 0 Å². The van der Waals surface area contributed by atoms with E-state index in [0.29, 0.717) is 5.88 Å². The molecule has 2 aromatic carbocycles. The lowest BCUT2D eigenvalue weighted by Crippen LogP contribution is -1.96. The molecule has 0 bridgehead atoms. The number of benzene rings is 2. The van der Waals surface area contributed by atoms with Gasteiger partial charge in [-0.15, -0.1) is 0 Å². The molecule has 0 aliphatic heterocycles. The number of ether oxygens (including phenoxy) is 1. The number of nitro groups is 1. The van der Waals surface area contributed by atoms with Gasteiger partial charge in [0.2, 0.25) is 11.6 Å². The third kappa shape index (κ3) is 2.58. The predicted molar refractivity (Wildman–Crippen MR) is 82.2 cm³/mol. The first kappa shape index (κ1) is 13.9. The highest BCUT2D eigenvalue weighted by Crippen LogP contribution is 2.34. The van der Waals surface area contributed by atoms with E-state index in [0.717, 1.165) is 22.0 Å². The summed E-state index contributed by atoms with van der Waals surface area (Å²) >= 11 is 0. The minimum absolute atomic E-state index is 0.0926. The highest BCUT2D eigenvalue weighted by atomic mass is 16.6. The molecular weight excluding hydrogens is 282 g/mol. The van der Waals surface area contributed by atoms with Gasteiger partial charge in [-0.1, -0.05) is 17.7 Å². The van der Waals surface area contributed by atoms with Crippen LogP contribution in [0.1, 0.15) is 11.1 Å². The second-order valence-corrected chi connectivity index (χ2v) is 5.03. The van der Waals surface area contributed by atoms with Crippen LogP contribution in [0.5, 0.6) is 11.6 Å². The Morgan fingerprint density at radius 3 is 2.55 bits per heavy atom. The zero-order valence-corrected chi connectivity index (χ0v) is 12.1. The first-order chi connectivity index (χ1) is 10.5. The maximum absolute atomic E-state index is 11.1. The van der Waals surface area contributed by atoms with Gasteiger partial charge in [-0.2, -0.15) is 0 Å². The first-order valence-electron chi connectivity index (χ1n) is 6.69. The smallest absolute Gasteiger partial charge is 0.311 e. The van der Waals surface area contributed by atoms with E-state index >= 15 is 0 Å². The van der Waals surface area contributed by atoms with Gasteiger partial charge in [0.25, 0.3) is 0 Å². The summed E-state index contributed by atoms with van der Waals surface area (Å²) < 4.78 is 5.73. The van der Waals surface area contributed by atoms with E-state index in [1.54, 1.807) is 12.1 Å². The fraction of sp³-hybridized carbons (Fsp3) is 0.125. The molecule has 6 heteroatoms. The third-order valence-corrected chi connectivity index (χ3v) is 3.27. The number of aryl methyl sites for hydroxylation is 2. The molecule has 3 rings (SSSR count). The van der Waals surface area contributed by atoms with Gasteiger partial charge < -0.3 is 4.74 Å². The van der Waals surface area contributed by atoms with Gasteiger partial charge in [-0.05, 0) is 37.6 Å². The molecule has 22 heavy (non-hydrogen) atoms. The SMILES string of the molecule is Cc1ccc([N+](=O)[O-])c(Oc2ncnc3ccc(C)cc23)c1. The van der Waals surface area contributed by atoms with Gasteiger partial charge >= 0.3 is 5.69 Å². The minimum Gasteiger partial charge on any atom is -0.431 e. The monoisotopic (exact) mass is 295 g/mol. The van der Waals surface area contributed by atoms with Crippen molar-refractivity contribution >= 4 is 16.6 Å². The van der Waals surface area contributed by atoms with Crippen molar-refractivity contribution in [3.8, 4) is 11.6 Å². The molecule has 1 aromatic heterocycles. The molecule has 1 heterocycles. The van der Waals surface area contributed by atoms with Crippen LogP contribution in [0.3, 0.4) is 0 Å². The summed E-state index contributed by atoms with van der Waals surface area (Å²) in [6.45, 7) is 3.80. The van der Waals surface area contributed by atoms with Crippen LogP contribution in [0.15, 0.2) is 42.7 Å². The zero-order valence-electron chi connectivity index (χ0n) is 12.1. The molecule has 6 nitrogen and oxygen atoms in total. The number of rotatable bonds is 3. The summed E-state index contributed by atoms with van der Waals surface area (Å²) in [6.07, 6.45) is 1.38. The van der Waals surface area contributed by atoms with Gasteiger partial charge in [0.1, 0.15) is 6.33 Å². The largest absolute Gasteiger partial charge is 0.431 e. The van der Waals surface area contributed by atoms with Crippen molar-refractivity contribution in [2.45, 2.75) is 13.8 Å². The Balaban J connectivity index is 2.13. The number of hydrogen-bond donors (Lipinski definition) is 0. The van der Waals surface area contributed by atoms with Crippen LogP contribution in [0.25, 0.3) is 10.9 Å². The second kappa shape index (κ2) is 5.40. The standard InChI is InChI=1S/C16H13N3O3/c1-10-3-5-13-12(7-10)16(18-9-17-13)22-15-8-11(2)4-6-14(15)19(20)21/h3-9H,1-2H3. The van der Waals surface area contributed by atoms with Crippen molar-refractivity contribution in [2.24, 2.45) is 0 Å². The average Bonchev–Trinajstić information content (AvgIpc) is 2.47. The van der Waals surface area contributed by atoms with Crippen molar-refractivity contribution in [3.05, 3.63) is 64.0 Å². The molecule has 0 radical (unpaired) electrons. The van der Waals surface area contributed by atoms with E-state index in [1.807, 2.05) is 32.0 Å². The molecule has 0 N–H and O–H groups in total. The molecule has 0 unspecified atom stereocenters. The number of fused-ring (bicyclic) bond motifs is 1. The molecule has 0 fully saturated rings. The number of nitro benzene ring substituents is 1. The second-order valence-electron chi connectivity index (χ2n) is 5.03. The molecular formula is C16H13N3O3. The van der Waals surface area contributed by atoms with Gasteiger partial charge in [0.05, 0.1) is 15.8 Å². The molecule has 110 valence electrons. The van der Waals surface area contributed by atoms with E-state index in [9.17, 15) is 10.1 Å². The van der Waals surface area contributed by atoms with E-state index in [1.165, 1.54) is 12.4 Å². The van der Waals surface area contributed by atoms with E-state index < -0.39 is 4.92 Å². The molecule has 0 spiro atoms. The fourth-order valence-corrected chi connectivity index (χ4v) is 2.19. The van der Waals surface area contributed by atoms with Crippen LogP contribution in [0.2, 0.25) is 0 Å². The third-order valence-electron chi connectivity index (χ3n) is 3.27. The summed E-state index contributed by atoms with van der Waals surface area (Å²) in [7, 11) is 0. The van der Waals surface area contributed by atoms with Crippen molar-refractivity contribution < 1.29 is 9.66 Å². The molecule has 0 aliphatic rings. The Morgan fingerprint density at radius 2 is 1.77 bits per heavy atom. The van der Waals surface area contributed by atoms with Gasteiger partial charge in [-0.3, -0.25) is 10.1 Å². The van der Waals surface area contributed by atoms with Crippen LogP contribution in [0.4, 0.5) is 5.69 Å². The Bertz CT molecular complexity index is 878.